The molecule has 1 saturated heterocycles. The zero-order valence-corrected chi connectivity index (χ0v) is 18.3. The normalized spacial score (nSPS) is 15.1. The monoisotopic (exact) mass is 439 g/mol. The van der Waals surface area contributed by atoms with E-state index in [9.17, 15) is 13.2 Å². The summed E-state index contributed by atoms with van der Waals surface area (Å²) in [5, 5.41) is 7.20. The van der Waals surface area contributed by atoms with Gasteiger partial charge in [0.15, 0.2) is 0 Å². The van der Waals surface area contributed by atoms with Crippen LogP contribution in [0.1, 0.15) is 22.3 Å². The Balaban J connectivity index is 1.49. The molecule has 8 nitrogen and oxygen atoms in total. The first kappa shape index (κ1) is 20.9. The summed E-state index contributed by atoms with van der Waals surface area (Å²) in [6, 6.07) is 16.6. The molecule has 3 aromatic rings. The fraction of sp³-hybridized carbons (Fsp3) is 0.273. The quantitative estimate of drug-likeness (QED) is 0.638. The van der Waals surface area contributed by atoms with Gasteiger partial charge < -0.3 is 10.2 Å². The number of rotatable bonds is 6. The molecule has 4 rings (SSSR count). The molecule has 1 fully saturated rings. The number of anilines is 3. The lowest BCUT2D eigenvalue weighted by Gasteiger charge is -2.17. The summed E-state index contributed by atoms with van der Waals surface area (Å²) in [7, 11) is 0.683. The lowest BCUT2D eigenvalue weighted by atomic mass is 10.2. The van der Waals surface area contributed by atoms with Gasteiger partial charge in [-0.15, -0.1) is 0 Å². The van der Waals surface area contributed by atoms with Crippen molar-refractivity contribution in [3.05, 3.63) is 71.9 Å². The molecule has 162 valence electrons. The van der Waals surface area contributed by atoms with E-state index in [4.69, 9.17) is 0 Å². The highest BCUT2D eigenvalue weighted by molar-refractivity contribution is 7.93. The molecule has 1 amide bonds. The van der Waals surface area contributed by atoms with Gasteiger partial charge in [-0.25, -0.2) is 13.1 Å². The third-order valence-corrected chi connectivity index (χ3v) is 7.11. The molecule has 0 radical (unpaired) electrons. The molecule has 0 aliphatic carbocycles. The summed E-state index contributed by atoms with van der Waals surface area (Å²) >= 11 is 0. The summed E-state index contributed by atoms with van der Waals surface area (Å²) in [6.45, 7) is 0.954. The van der Waals surface area contributed by atoms with E-state index < -0.39 is 10.0 Å². The second-order valence-corrected chi connectivity index (χ2v) is 9.69. The van der Waals surface area contributed by atoms with Crippen LogP contribution < -0.4 is 14.5 Å². The van der Waals surface area contributed by atoms with Gasteiger partial charge in [0.2, 0.25) is 10.0 Å². The highest BCUT2D eigenvalue weighted by Gasteiger charge is 2.28. The van der Waals surface area contributed by atoms with E-state index in [1.54, 1.807) is 41.2 Å². The van der Waals surface area contributed by atoms with Crippen LogP contribution in [0.3, 0.4) is 0 Å². The highest BCUT2D eigenvalue weighted by atomic mass is 32.2. The molecule has 2 aromatic carbocycles. The zero-order valence-electron chi connectivity index (χ0n) is 17.5. The maximum absolute atomic E-state index is 12.8. The number of nitrogens with one attached hydrogen (secondary N) is 1. The van der Waals surface area contributed by atoms with Gasteiger partial charge in [0.1, 0.15) is 5.82 Å². The summed E-state index contributed by atoms with van der Waals surface area (Å²) in [5.41, 5.74) is 3.08. The lowest BCUT2D eigenvalue weighted by molar-refractivity contribution is 0.102. The zero-order chi connectivity index (χ0) is 22.0. The van der Waals surface area contributed by atoms with Gasteiger partial charge >= 0.3 is 0 Å². The molecule has 2 heterocycles. The van der Waals surface area contributed by atoms with Gasteiger partial charge in [0.05, 0.1) is 24.2 Å². The van der Waals surface area contributed by atoms with Crippen LogP contribution in [0.15, 0.2) is 60.8 Å². The number of amides is 1. The first-order valence-electron chi connectivity index (χ1n) is 10.0. The molecule has 9 heteroatoms. The molecule has 0 spiro atoms. The van der Waals surface area contributed by atoms with Crippen LogP contribution >= 0.6 is 0 Å². The molecule has 31 heavy (non-hydrogen) atoms. The second-order valence-electron chi connectivity index (χ2n) is 7.68. The molecule has 1 aromatic heterocycles. The molecule has 1 N–H and O–H groups in total. The van der Waals surface area contributed by atoms with E-state index in [1.165, 1.54) is 4.31 Å². The van der Waals surface area contributed by atoms with Crippen molar-refractivity contribution in [2.75, 3.05) is 40.9 Å². The Hall–Kier alpha value is -3.33. The molecular weight excluding hydrogens is 414 g/mol. The summed E-state index contributed by atoms with van der Waals surface area (Å²) < 4.78 is 27.5. The van der Waals surface area contributed by atoms with Crippen LogP contribution in [0, 0.1) is 0 Å². The van der Waals surface area contributed by atoms with Gasteiger partial charge in [-0.1, -0.05) is 18.2 Å². The van der Waals surface area contributed by atoms with Gasteiger partial charge in [0, 0.05) is 38.0 Å². The topological polar surface area (TPSA) is 87.5 Å². The standard InChI is InChI=1S/C22H25N5O3S/c1-25(2)19-9-7-17(8-10-19)16-26-21(11-12-23-26)24-22(28)18-5-3-6-20(15-18)27-13-4-14-31(27,29)30/h3,5-12,15H,4,13-14,16H2,1-2H3,(H,24,28). The van der Waals surface area contributed by atoms with Gasteiger partial charge in [-0.05, 0) is 42.3 Å². The number of hydrogen-bond donors (Lipinski definition) is 1. The summed E-state index contributed by atoms with van der Waals surface area (Å²) in [5.74, 6) is 0.391. The highest BCUT2D eigenvalue weighted by Crippen LogP contribution is 2.25. The predicted molar refractivity (Wildman–Crippen MR) is 122 cm³/mol. The molecule has 1 aliphatic heterocycles. The van der Waals surface area contributed by atoms with Gasteiger partial charge in [0.25, 0.3) is 5.91 Å². The molecule has 0 bridgehead atoms. The van der Waals surface area contributed by atoms with Crippen LogP contribution in [-0.2, 0) is 16.6 Å². The number of benzene rings is 2. The minimum Gasteiger partial charge on any atom is -0.378 e. The number of carbonyl (C=O) groups is 1. The minimum atomic E-state index is -3.30. The molecular formula is C22H25N5O3S. The Bertz CT molecular complexity index is 1190. The van der Waals surface area contributed by atoms with Crippen LogP contribution in [0.25, 0.3) is 0 Å². The van der Waals surface area contributed by atoms with Crippen molar-refractivity contribution in [2.24, 2.45) is 0 Å². The Morgan fingerprint density at radius 2 is 1.90 bits per heavy atom. The van der Waals surface area contributed by atoms with Crippen molar-refractivity contribution in [2.45, 2.75) is 13.0 Å². The van der Waals surface area contributed by atoms with Crippen LogP contribution in [0.5, 0.6) is 0 Å². The third-order valence-electron chi connectivity index (χ3n) is 5.24. The maximum atomic E-state index is 12.8. The maximum Gasteiger partial charge on any atom is 0.256 e. The van der Waals surface area contributed by atoms with Crippen molar-refractivity contribution in [3.63, 3.8) is 0 Å². The Kier molecular flexibility index (Phi) is 5.69. The molecule has 0 saturated carbocycles. The third kappa shape index (κ3) is 4.56. The van der Waals surface area contributed by atoms with E-state index in [0.717, 1.165) is 11.3 Å². The van der Waals surface area contributed by atoms with Crippen molar-refractivity contribution < 1.29 is 13.2 Å². The fourth-order valence-electron chi connectivity index (χ4n) is 3.56. The average molecular weight is 440 g/mol. The van der Waals surface area contributed by atoms with Crippen molar-refractivity contribution in [1.82, 2.24) is 9.78 Å². The van der Waals surface area contributed by atoms with Gasteiger partial charge in [-0.3, -0.25) is 9.10 Å². The summed E-state index contributed by atoms with van der Waals surface area (Å²) in [6.07, 6.45) is 2.23. The Morgan fingerprint density at radius 1 is 1.13 bits per heavy atom. The molecule has 0 atom stereocenters. The first-order valence-corrected chi connectivity index (χ1v) is 11.6. The number of hydrogen-bond acceptors (Lipinski definition) is 5. The van der Waals surface area contributed by atoms with E-state index in [1.807, 2.05) is 43.3 Å². The minimum absolute atomic E-state index is 0.137. The van der Waals surface area contributed by atoms with E-state index >= 15 is 0 Å². The van der Waals surface area contributed by atoms with E-state index in [-0.39, 0.29) is 11.7 Å². The largest absolute Gasteiger partial charge is 0.378 e. The van der Waals surface area contributed by atoms with Crippen molar-refractivity contribution >= 4 is 33.1 Å². The second kappa shape index (κ2) is 8.43. The smallest absolute Gasteiger partial charge is 0.256 e. The number of nitrogens with zero attached hydrogens (tertiary/aromatic N) is 4. The molecule has 1 aliphatic rings. The van der Waals surface area contributed by atoms with Crippen LogP contribution in [-0.4, -0.2) is 50.5 Å². The van der Waals surface area contributed by atoms with Crippen molar-refractivity contribution in [1.29, 1.82) is 0 Å². The fourth-order valence-corrected chi connectivity index (χ4v) is 5.11. The Labute approximate surface area is 182 Å². The number of sulfonamides is 1. The summed E-state index contributed by atoms with van der Waals surface area (Å²) in [4.78, 5) is 14.9. The number of aromatic nitrogens is 2. The van der Waals surface area contributed by atoms with E-state index in [0.29, 0.717) is 36.6 Å². The SMILES string of the molecule is CN(C)c1ccc(Cn2nccc2NC(=O)c2cccc(N3CCCS3(=O)=O)c2)cc1. The lowest BCUT2D eigenvalue weighted by Crippen LogP contribution is -2.25. The molecule has 0 unspecified atom stereocenters. The predicted octanol–water partition coefficient (Wildman–Crippen LogP) is 2.79. The van der Waals surface area contributed by atoms with E-state index in [2.05, 4.69) is 10.4 Å². The number of carbonyl (C=O) groups excluding carboxylic acids is 1. The first-order chi connectivity index (χ1) is 14.8. The van der Waals surface area contributed by atoms with Crippen LogP contribution in [0.2, 0.25) is 0 Å². The average Bonchev–Trinajstić information content (AvgIpc) is 3.33. The Morgan fingerprint density at radius 3 is 2.58 bits per heavy atom. The van der Waals surface area contributed by atoms with Gasteiger partial charge in [-0.2, -0.15) is 5.10 Å². The van der Waals surface area contributed by atoms with Crippen LogP contribution in [0.4, 0.5) is 17.2 Å². The van der Waals surface area contributed by atoms with Crippen molar-refractivity contribution in [3.8, 4) is 0 Å².